The van der Waals surface area contributed by atoms with Crippen molar-refractivity contribution in [3.8, 4) is 5.75 Å². The summed E-state index contributed by atoms with van der Waals surface area (Å²) >= 11 is 0. The molecule has 0 spiro atoms. The Morgan fingerprint density at radius 1 is 1.10 bits per heavy atom. The van der Waals surface area contributed by atoms with Gasteiger partial charge in [-0.1, -0.05) is 25.0 Å². The van der Waals surface area contributed by atoms with Crippen LogP contribution in [0.3, 0.4) is 0 Å². The van der Waals surface area contributed by atoms with E-state index >= 15 is 0 Å². The molecule has 4 rings (SSSR count). The molecule has 1 aromatic carbocycles. The highest BCUT2D eigenvalue weighted by Crippen LogP contribution is 2.31. The Bertz CT molecular complexity index is 1220. The lowest BCUT2D eigenvalue weighted by Crippen LogP contribution is -2.39. The lowest BCUT2D eigenvalue weighted by molar-refractivity contribution is -0.134. The molecule has 31 heavy (non-hydrogen) atoms. The zero-order valence-electron chi connectivity index (χ0n) is 18.1. The van der Waals surface area contributed by atoms with Crippen molar-refractivity contribution < 1.29 is 9.53 Å². The molecular formula is C22H27N5O4. The summed E-state index contributed by atoms with van der Waals surface area (Å²) in [6.45, 7) is 0.662. The predicted octanol–water partition coefficient (Wildman–Crippen LogP) is 1.59. The highest BCUT2D eigenvalue weighted by atomic mass is 16.5. The van der Waals surface area contributed by atoms with Crippen molar-refractivity contribution in [3.05, 3.63) is 57.0 Å². The number of aryl methyl sites for hydroxylation is 1. The summed E-state index contributed by atoms with van der Waals surface area (Å²) in [6, 6.07) is 7.82. The molecule has 1 aliphatic rings. The Kier molecular flexibility index (Phi) is 5.67. The van der Waals surface area contributed by atoms with Gasteiger partial charge in [-0.3, -0.25) is 18.7 Å². The van der Waals surface area contributed by atoms with E-state index < -0.39 is 11.2 Å². The lowest BCUT2D eigenvalue weighted by Gasteiger charge is -2.31. The molecule has 1 amide bonds. The topological polar surface area (TPSA) is 91.4 Å². The van der Waals surface area contributed by atoms with Crippen molar-refractivity contribution in [2.24, 2.45) is 14.1 Å². The maximum Gasteiger partial charge on any atom is 0.332 e. The van der Waals surface area contributed by atoms with E-state index in [9.17, 15) is 14.4 Å². The first-order valence-corrected chi connectivity index (χ1v) is 10.5. The molecule has 1 aliphatic heterocycles. The van der Waals surface area contributed by atoms with Crippen LogP contribution in [0.4, 0.5) is 0 Å². The number of ether oxygens (including phenoxy) is 1. The van der Waals surface area contributed by atoms with Crippen molar-refractivity contribution in [1.29, 1.82) is 0 Å². The SMILES string of the molecule is COc1ccc([C@@H]2CCCCCN2C(=O)Cn2cnc3c2c(=O)n(C)c(=O)n3C)cc1. The van der Waals surface area contributed by atoms with Crippen molar-refractivity contribution in [2.75, 3.05) is 13.7 Å². The van der Waals surface area contributed by atoms with Crippen molar-refractivity contribution >= 4 is 17.1 Å². The molecule has 3 aromatic rings. The van der Waals surface area contributed by atoms with Crippen LogP contribution in [0.2, 0.25) is 0 Å². The molecule has 1 atom stereocenters. The lowest BCUT2D eigenvalue weighted by atomic mass is 10.0. The summed E-state index contributed by atoms with van der Waals surface area (Å²) in [5.74, 6) is 0.708. The van der Waals surface area contributed by atoms with Crippen LogP contribution in [-0.2, 0) is 25.4 Å². The van der Waals surface area contributed by atoms with E-state index in [-0.39, 0.29) is 29.7 Å². The summed E-state index contributed by atoms with van der Waals surface area (Å²) < 4.78 is 9.17. The zero-order chi connectivity index (χ0) is 22.1. The molecule has 3 heterocycles. The van der Waals surface area contributed by atoms with Gasteiger partial charge in [0.25, 0.3) is 5.56 Å². The standard InChI is InChI=1S/C22H27N5O4/c1-24-20-19(21(29)25(2)22(24)30)26(14-23-20)13-18(28)27-12-6-4-5-7-17(27)15-8-10-16(31-3)11-9-15/h8-11,14,17H,4-7,12-13H2,1-3H3/t17-/m0/s1. The largest absolute Gasteiger partial charge is 0.497 e. The van der Waals surface area contributed by atoms with Gasteiger partial charge in [-0.25, -0.2) is 9.78 Å². The minimum atomic E-state index is -0.453. The van der Waals surface area contributed by atoms with E-state index in [0.717, 1.165) is 41.6 Å². The van der Waals surface area contributed by atoms with Crippen LogP contribution in [0.1, 0.15) is 37.3 Å². The van der Waals surface area contributed by atoms with Gasteiger partial charge in [0.05, 0.1) is 19.5 Å². The third-order valence-electron chi connectivity index (χ3n) is 6.10. The van der Waals surface area contributed by atoms with Gasteiger partial charge in [0, 0.05) is 20.6 Å². The van der Waals surface area contributed by atoms with Gasteiger partial charge in [0.2, 0.25) is 5.91 Å². The molecule has 164 valence electrons. The fourth-order valence-electron chi connectivity index (χ4n) is 4.33. The van der Waals surface area contributed by atoms with Gasteiger partial charge in [-0.15, -0.1) is 0 Å². The number of nitrogens with zero attached hydrogens (tertiary/aromatic N) is 5. The second-order valence-electron chi connectivity index (χ2n) is 7.98. The number of likely N-dealkylation sites (tertiary alicyclic amines) is 1. The van der Waals surface area contributed by atoms with Gasteiger partial charge in [0.1, 0.15) is 12.3 Å². The number of carbonyl (C=O) groups excluding carboxylic acids is 1. The monoisotopic (exact) mass is 425 g/mol. The van der Waals surface area contributed by atoms with Gasteiger partial charge in [-0.2, -0.15) is 0 Å². The molecule has 1 saturated heterocycles. The summed E-state index contributed by atoms with van der Waals surface area (Å²) in [5, 5.41) is 0. The van der Waals surface area contributed by atoms with Crippen molar-refractivity contribution in [1.82, 2.24) is 23.6 Å². The van der Waals surface area contributed by atoms with Crippen LogP contribution in [0.15, 0.2) is 40.2 Å². The summed E-state index contributed by atoms with van der Waals surface area (Å²) in [5.41, 5.74) is 0.717. The fraction of sp³-hybridized carbons (Fsp3) is 0.455. The van der Waals surface area contributed by atoms with E-state index in [1.807, 2.05) is 29.2 Å². The highest BCUT2D eigenvalue weighted by Gasteiger charge is 2.27. The van der Waals surface area contributed by atoms with Crippen LogP contribution in [0.5, 0.6) is 5.75 Å². The molecule has 0 radical (unpaired) electrons. The average molecular weight is 425 g/mol. The first-order valence-electron chi connectivity index (χ1n) is 10.5. The minimum Gasteiger partial charge on any atom is -0.497 e. The van der Waals surface area contributed by atoms with E-state index in [1.165, 1.54) is 17.9 Å². The second-order valence-corrected chi connectivity index (χ2v) is 7.98. The Morgan fingerprint density at radius 3 is 2.55 bits per heavy atom. The van der Waals surface area contributed by atoms with Gasteiger partial charge in [0.15, 0.2) is 11.2 Å². The third kappa shape index (κ3) is 3.75. The molecule has 9 heteroatoms. The smallest absolute Gasteiger partial charge is 0.332 e. The number of benzene rings is 1. The first kappa shape index (κ1) is 20.9. The molecule has 0 aliphatic carbocycles. The number of methoxy groups -OCH3 is 1. The maximum atomic E-state index is 13.4. The molecular weight excluding hydrogens is 398 g/mol. The van der Waals surface area contributed by atoms with E-state index in [4.69, 9.17) is 4.74 Å². The second kappa shape index (κ2) is 8.41. The Labute approximate surface area is 179 Å². The molecule has 0 bridgehead atoms. The average Bonchev–Trinajstić information content (AvgIpc) is 3.03. The van der Waals surface area contributed by atoms with Crippen molar-refractivity contribution in [3.63, 3.8) is 0 Å². The van der Waals surface area contributed by atoms with Gasteiger partial charge >= 0.3 is 5.69 Å². The van der Waals surface area contributed by atoms with E-state index in [2.05, 4.69) is 4.98 Å². The number of hydrogen-bond acceptors (Lipinski definition) is 5. The molecule has 9 nitrogen and oxygen atoms in total. The van der Waals surface area contributed by atoms with Crippen LogP contribution in [-0.4, -0.2) is 43.1 Å². The number of carbonyl (C=O) groups is 1. The van der Waals surface area contributed by atoms with Crippen molar-refractivity contribution in [2.45, 2.75) is 38.3 Å². The summed E-state index contributed by atoms with van der Waals surface area (Å²) in [7, 11) is 4.63. The first-order chi connectivity index (χ1) is 14.9. The maximum absolute atomic E-state index is 13.4. The number of fused-ring (bicyclic) bond motifs is 1. The third-order valence-corrected chi connectivity index (χ3v) is 6.10. The quantitative estimate of drug-likeness (QED) is 0.633. The minimum absolute atomic E-state index is 0.00337. The predicted molar refractivity (Wildman–Crippen MR) is 116 cm³/mol. The number of imidazole rings is 1. The van der Waals surface area contributed by atoms with Crippen LogP contribution in [0.25, 0.3) is 11.2 Å². The number of amides is 1. The zero-order valence-corrected chi connectivity index (χ0v) is 18.1. The van der Waals surface area contributed by atoms with Gasteiger partial charge < -0.3 is 14.2 Å². The highest BCUT2D eigenvalue weighted by molar-refractivity contribution is 5.79. The molecule has 1 fully saturated rings. The number of rotatable bonds is 4. The Morgan fingerprint density at radius 2 is 1.84 bits per heavy atom. The van der Waals surface area contributed by atoms with Gasteiger partial charge in [-0.05, 0) is 30.5 Å². The van der Waals surface area contributed by atoms with E-state index in [0.29, 0.717) is 6.54 Å². The van der Waals surface area contributed by atoms with Crippen LogP contribution < -0.4 is 16.0 Å². The summed E-state index contributed by atoms with van der Waals surface area (Å²) in [6.07, 6.45) is 5.42. The number of hydrogen-bond donors (Lipinski definition) is 0. The van der Waals surface area contributed by atoms with Crippen LogP contribution >= 0.6 is 0 Å². The molecule has 0 unspecified atom stereocenters. The Hall–Kier alpha value is -3.36. The fourth-order valence-corrected chi connectivity index (χ4v) is 4.33. The Balaban J connectivity index is 1.67. The van der Waals surface area contributed by atoms with E-state index in [1.54, 1.807) is 18.7 Å². The van der Waals surface area contributed by atoms with Crippen LogP contribution in [0, 0.1) is 0 Å². The molecule has 2 aromatic heterocycles. The molecule has 0 saturated carbocycles. The molecule has 0 N–H and O–H groups in total. The number of aromatic nitrogens is 4. The normalized spacial score (nSPS) is 17.0. The summed E-state index contributed by atoms with van der Waals surface area (Å²) in [4.78, 5) is 44.4.